The second-order valence-electron chi connectivity index (χ2n) is 7.26. The Kier molecular flexibility index (Phi) is 5.37. The van der Waals surface area contributed by atoms with Crippen molar-refractivity contribution >= 4 is 17.9 Å². The second-order valence-corrected chi connectivity index (χ2v) is 7.26. The molecule has 2 fully saturated rings. The van der Waals surface area contributed by atoms with Crippen molar-refractivity contribution in [1.82, 2.24) is 14.9 Å². The SMILES string of the molecule is O=C(Nc1ncc(-c2cc(F)cc(F)c2)cn1)C1CCC(N2CCOC2=O)CC1. The lowest BCUT2D eigenvalue weighted by atomic mass is 9.85. The lowest BCUT2D eigenvalue weighted by Gasteiger charge is -2.32. The summed E-state index contributed by atoms with van der Waals surface area (Å²) in [6.45, 7) is 1.03. The van der Waals surface area contributed by atoms with Gasteiger partial charge in [-0.3, -0.25) is 10.1 Å². The number of amides is 2. The molecule has 0 bridgehead atoms. The number of ether oxygens (including phenoxy) is 1. The molecule has 1 saturated carbocycles. The smallest absolute Gasteiger partial charge is 0.410 e. The molecule has 0 spiro atoms. The van der Waals surface area contributed by atoms with Crippen molar-refractivity contribution in [2.24, 2.45) is 5.92 Å². The average molecular weight is 402 g/mol. The van der Waals surface area contributed by atoms with E-state index in [9.17, 15) is 18.4 Å². The molecule has 152 valence electrons. The van der Waals surface area contributed by atoms with Gasteiger partial charge in [0.05, 0.1) is 6.54 Å². The van der Waals surface area contributed by atoms with Gasteiger partial charge in [0.1, 0.15) is 18.2 Å². The number of nitrogens with one attached hydrogen (secondary N) is 1. The molecule has 1 aliphatic heterocycles. The van der Waals surface area contributed by atoms with Gasteiger partial charge in [-0.1, -0.05) is 0 Å². The van der Waals surface area contributed by atoms with Gasteiger partial charge in [-0.15, -0.1) is 0 Å². The predicted molar refractivity (Wildman–Crippen MR) is 99.8 cm³/mol. The van der Waals surface area contributed by atoms with Crippen LogP contribution in [0.4, 0.5) is 19.5 Å². The molecule has 1 N–H and O–H groups in total. The van der Waals surface area contributed by atoms with Gasteiger partial charge in [-0.05, 0) is 43.4 Å². The lowest BCUT2D eigenvalue weighted by molar-refractivity contribution is -0.121. The van der Waals surface area contributed by atoms with E-state index in [0.717, 1.165) is 18.9 Å². The second kappa shape index (κ2) is 8.10. The molecular formula is C20H20F2N4O3. The minimum Gasteiger partial charge on any atom is -0.448 e. The van der Waals surface area contributed by atoms with Crippen LogP contribution in [0, 0.1) is 17.6 Å². The van der Waals surface area contributed by atoms with Gasteiger partial charge in [0.25, 0.3) is 0 Å². The molecule has 0 unspecified atom stereocenters. The van der Waals surface area contributed by atoms with E-state index in [1.54, 1.807) is 4.90 Å². The zero-order valence-electron chi connectivity index (χ0n) is 15.6. The monoisotopic (exact) mass is 402 g/mol. The number of rotatable bonds is 4. The van der Waals surface area contributed by atoms with Crippen molar-refractivity contribution in [1.29, 1.82) is 0 Å². The van der Waals surface area contributed by atoms with Gasteiger partial charge in [0, 0.05) is 36.0 Å². The molecule has 1 aromatic heterocycles. The van der Waals surface area contributed by atoms with Crippen LogP contribution in [-0.4, -0.2) is 46.1 Å². The van der Waals surface area contributed by atoms with Crippen LogP contribution in [0.15, 0.2) is 30.6 Å². The minimum absolute atomic E-state index is 0.122. The van der Waals surface area contributed by atoms with Crippen LogP contribution in [0.25, 0.3) is 11.1 Å². The van der Waals surface area contributed by atoms with Crippen LogP contribution in [0.5, 0.6) is 0 Å². The summed E-state index contributed by atoms with van der Waals surface area (Å²) in [5, 5.41) is 2.69. The number of benzene rings is 1. The van der Waals surface area contributed by atoms with E-state index < -0.39 is 11.6 Å². The van der Waals surface area contributed by atoms with Crippen molar-refractivity contribution in [3.05, 3.63) is 42.2 Å². The molecule has 1 aromatic carbocycles. The lowest BCUT2D eigenvalue weighted by Crippen LogP contribution is -2.40. The standard InChI is InChI=1S/C20H20F2N4O3/c21-15-7-13(8-16(22)9-15)14-10-23-19(24-11-14)25-18(27)12-1-3-17(4-2-12)26-5-6-29-20(26)28/h7-12,17H,1-6H2,(H,23,24,25,27). The van der Waals surface area contributed by atoms with Gasteiger partial charge in [0.2, 0.25) is 11.9 Å². The van der Waals surface area contributed by atoms with Crippen molar-refractivity contribution in [2.45, 2.75) is 31.7 Å². The molecule has 2 amide bonds. The predicted octanol–water partition coefficient (Wildman–Crippen LogP) is 3.37. The van der Waals surface area contributed by atoms with Crippen LogP contribution >= 0.6 is 0 Å². The van der Waals surface area contributed by atoms with Gasteiger partial charge in [0.15, 0.2) is 0 Å². The van der Waals surface area contributed by atoms with E-state index in [4.69, 9.17) is 4.74 Å². The Bertz CT molecular complexity index is 894. The fourth-order valence-corrected chi connectivity index (χ4v) is 3.86. The number of hydrogen-bond donors (Lipinski definition) is 1. The summed E-state index contributed by atoms with van der Waals surface area (Å²) in [5.74, 6) is -1.58. The Hall–Kier alpha value is -3.10. The fraction of sp³-hybridized carbons (Fsp3) is 0.400. The molecule has 2 heterocycles. The number of halogens is 2. The third-order valence-electron chi connectivity index (χ3n) is 5.38. The molecule has 0 atom stereocenters. The summed E-state index contributed by atoms with van der Waals surface area (Å²) in [5.41, 5.74) is 0.763. The number of anilines is 1. The molecule has 9 heteroatoms. The van der Waals surface area contributed by atoms with Crippen molar-refractivity contribution in [3.8, 4) is 11.1 Å². The number of hydrogen-bond acceptors (Lipinski definition) is 5. The number of carbonyl (C=O) groups excluding carboxylic acids is 2. The van der Waals surface area contributed by atoms with Crippen molar-refractivity contribution < 1.29 is 23.1 Å². The summed E-state index contributed by atoms with van der Waals surface area (Å²) >= 11 is 0. The Morgan fingerprint density at radius 3 is 2.28 bits per heavy atom. The highest BCUT2D eigenvalue weighted by molar-refractivity contribution is 5.91. The summed E-state index contributed by atoms with van der Waals surface area (Å²) in [4.78, 5) is 34.1. The zero-order chi connectivity index (χ0) is 20.4. The topological polar surface area (TPSA) is 84.4 Å². The van der Waals surface area contributed by atoms with E-state index in [2.05, 4.69) is 15.3 Å². The van der Waals surface area contributed by atoms with E-state index in [0.29, 0.717) is 37.1 Å². The molecule has 0 radical (unpaired) electrons. The van der Waals surface area contributed by atoms with E-state index in [-0.39, 0.29) is 29.9 Å². The van der Waals surface area contributed by atoms with Gasteiger partial charge in [-0.2, -0.15) is 0 Å². The normalized spacial score (nSPS) is 21.7. The summed E-state index contributed by atoms with van der Waals surface area (Å²) in [7, 11) is 0. The molecule has 7 nitrogen and oxygen atoms in total. The van der Waals surface area contributed by atoms with Crippen LogP contribution in [0.2, 0.25) is 0 Å². The molecule has 4 rings (SSSR count). The maximum atomic E-state index is 13.4. The first kappa shape index (κ1) is 19.2. The van der Waals surface area contributed by atoms with Crippen LogP contribution in [0.3, 0.4) is 0 Å². The molecule has 2 aromatic rings. The number of nitrogens with zero attached hydrogens (tertiary/aromatic N) is 3. The Morgan fingerprint density at radius 1 is 1.03 bits per heavy atom. The largest absolute Gasteiger partial charge is 0.448 e. The molecule has 29 heavy (non-hydrogen) atoms. The quantitative estimate of drug-likeness (QED) is 0.848. The van der Waals surface area contributed by atoms with Crippen LogP contribution < -0.4 is 5.32 Å². The molecule has 2 aliphatic rings. The maximum Gasteiger partial charge on any atom is 0.410 e. The Balaban J connectivity index is 1.33. The first-order valence-electron chi connectivity index (χ1n) is 9.52. The maximum absolute atomic E-state index is 13.4. The summed E-state index contributed by atoms with van der Waals surface area (Å²) < 4.78 is 31.7. The minimum atomic E-state index is -0.685. The highest BCUT2D eigenvalue weighted by atomic mass is 19.1. The van der Waals surface area contributed by atoms with Gasteiger partial charge in [-0.25, -0.2) is 23.5 Å². The number of cyclic esters (lactones) is 1. The van der Waals surface area contributed by atoms with Crippen molar-refractivity contribution in [3.63, 3.8) is 0 Å². The number of aromatic nitrogens is 2. The highest BCUT2D eigenvalue weighted by Gasteiger charge is 2.34. The third kappa shape index (κ3) is 4.33. The summed E-state index contributed by atoms with van der Waals surface area (Å²) in [6, 6.07) is 3.29. The summed E-state index contributed by atoms with van der Waals surface area (Å²) in [6.07, 6.45) is 5.38. The van der Waals surface area contributed by atoms with E-state index in [1.807, 2.05) is 0 Å². The molecular weight excluding hydrogens is 382 g/mol. The Morgan fingerprint density at radius 2 is 1.69 bits per heavy atom. The third-order valence-corrected chi connectivity index (χ3v) is 5.38. The number of carbonyl (C=O) groups is 2. The molecule has 1 saturated heterocycles. The van der Waals surface area contributed by atoms with Crippen molar-refractivity contribution in [2.75, 3.05) is 18.5 Å². The van der Waals surface area contributed by atoms with Crippen LogP contribution in [0.1, 0.15) is 25.7 Å². The first-order chi connectivity index (χ1) is 14.0. The molecule has 1 aliphatic carbocycles. The highest BCUT2D eigenvalue weighted by Crippen LogP contribution is 2.30. The van der Waals surface area contributed by atoms with E-state index in [1.165, 1.54) is 24.5 Å². The van der Waals surface area contributed by atoms with E-state index >= 15 is 0 Å². The fourth-order valence-electron chi connectivity index (χ4n) is 3.86. The Labute approximate surface area is 166 Å². The van der Waals surface area contributed by atoms with Crippen LogP contribution in [-0.2, 0) is 9.53 Å². The average Bonchev–Trinajstić information content (AvgIpc) is 3.14. The zero-order valence-corrected chi connectivity index (χ0v) is 15.6. The van der Waals surface area contributed by atoms with Gasteiger partial charge < -0.3 is 9.64 Å². The first-order valence-corrected chi connectivity index (χ1v) is 9.52. The van der Waals surface area contributed by atoms with Gasteiger partial charge >= 0.3 is 6.09 Å².